The van der Waals surface area contributed by atoms with Crippen molar-refractivity contribution >= 4 is 5.97 Å². The second kappa shape index (κ2) is 8.98. The molecule has 0 unspecified atom stereocenters. The fraction of sp³-hybridized carbons (Fsp3) is 0.400. The standard InChI is InChI=1S/C15H20O5/c1-3-19-15(17)6-4-5-12(16)11-20-14-9-7-13(18-2)8-10-14/h4,6-10,12,16H,3,5,11H2,1-2H3/b6-4+/t12-/m1/s1. The van der Waals surface area contributed by atoms with Crippen molar-refractivity contribution < 1.29 is 24.1 Å². The van der Waals surface area contributed by atoms with Crippen LogP contribution in [0, 0.1) is 0 Å². The zero-order valence-electron chi connectivity index (χ0n) is 11.7. The maximum absolute atomic E-state index is 11.0. The summed E-state index contributed by atoms with van der Waals surface area (Å²) in [5, 5.41) is 9.70. The zero-order chi connectivity index (χ0) is 14.8. The summed E-state index contributed by atoms with van der Waals surface area (Å²) in [6.45, 7) is 2.23. The molecule has 20 heavy (non-hydrogen) atoms. The molecule has 0 aromatic heterocycles. The van der Waals surface area contributed by atoms with Gasteiger partial charge in [-0.3, -0.25) is 0 Å². The lowest BCUT2D eigenvalue weighted by molar-refractivity contribution is -0.137. The van der Waals surface area contributed by atoms with Crippen molar-refractivity contribution in [1.29, 1.82) is 0 Å². The van der Waals surface area contributed by atoms with Crippen molar-refractivity contribution in [3.63, 3.8) is 0 Å². The molecule has 1 aromatic rings. The van der Waals surface area contributed by atoms with Gasteiger partial charge < -0.3 is 19.3 Å². The van der Waals surface area contributed by atoms with Gasteiger partial charge in [0.2, 0.25) is 0 Å². The van der Waals surface area contributed by atoms with Crippen LogP contribution >= 0.6 is 0 Å². The first-order chi connectivity index (χ1) is 9.65. The molecule has 0 heterocycles. The van der Waals surface area contributed by atoms with Gasteiger partial charge in [0.1, 0.15) is 18.1 Å². The van der Waals surface area contributed by atoms with E-state index in [1.165, 1.54) is 6.08 Å². The molecule has 0 aliphatic rings. The molecule has 5 heteroatoms. The number of carbonyl (C=O) groups excluding carboxylic acids is 1. The fourth-order valence-corrected chi connectivity index (χ4v) is 1.44. The van der Waals surface area contributed by atoms with Gasteiger partial charge in [0, 0.05) is 6.08 Å². The van der Waals surface area contributed by atoms with E-state index in [1.807, 2.05) is 0 Å². The second-order valence-electron chi connectivity index (χ2n) is 4.03. The Balaban J connectivity index is 2.28. The Labute approximate surface area is 118 Å². The lowest BCUT2D eigenvalue weighted by atomic mass is 10.2. The van der Waals surface area contributed by atoms with Crippen LogP contribution in [0.5, 0.6) is 11.5 Å². The number of carbonyl (C=O) groups is 1. The molecule has 110 valence electrons. The summed E-state index contributed by atoms with van der Waals surface area (Å²) in [6.07, 6.45) is 2.53. The van der Waals surface area contributed by atoms with Crippen LogP contribution in [0.25, 0.3) is 0 Å². The van der Waals surface area contributed by atoms with E-state index in [0.29, 0.717) is 18.8 Å². The van der Waals surface area contributed by atoms with Crippen LogP contribution in [-0.4, -0.2) is 37.5 Å². The Morgan fingerprint density at radius 1 is 1.30 bits per heavy atom. The molecule has 1 rings (SSSR count). The number of esters is 1. The highest BCUT2D eigenvalue weighted by molar-refractivity contribution is 5.81. The summed E-state index contributed by atoms with van der Waals surface area (Å²) >= 11 is 0. The highest BCUT2D eigenvalue weighted by Crippen LogP contribution is 2.17. The van der Waals surface area contributed by atoms with Crippen molar-refractivity contribution in [3.05, 3.63) is 36.4 Å². The van der Waals surface area contributed by atoms with Gasteiger partial charge in [-0.1, -0.05) is 6.08 Å². The molecule has 1 N–H and O–H groups in total. The zero-order valence-corrected chi connectivity index (χ0v) is 11.7. The monoisotopic (exact) mass is 280 g/mol. The number of hydrogen-bond donors (Lipinski definition) is 1. The van der Waals surface area contributed by atoms with Crippen LogP contribution in [0.1, 0.15) is 13.3 Å². The van der Waals surface area contributed by atoms with Gasteiger partial charge in [-0.25, -0.2) is 4.79 Å². The molecular formula is C15H20O5. The number of ether oxygens (including phenoxy) is 3. The van der Waals surface area contributed by atoms with Crippen molar-refractivity contribution in [1.82, 2.24) is 0 Å². The van der Waals surface area contributed by atoms with E-state index in [2.05, 4.69) is 0 Å². The van der Waals surface area contributed by atoms with Crippen LogP contribution in [0.3, 0.4) is 0 Å². The van der Waals surface area contributed by atoms with Gasteiger partial charge in [-0.05, 0) is 37.6 Å². The highest BCUT2D eigenvalue weighted by atomic mass is 16.5. The predicted octanol–water partition coefficient (Wildman–Crippen LogP) is 1.94. The van der Waals surface area contributed by atoms with E-state index >= 15 is 0 Å². The van der Waals surface area contributed by atoms with Gasteiger partial charge in [0.25, 0.3) is 0 Å². The summed E-state index contributed by atoms with van der Waals surface area (Å²) in [7, 11) is 1.59. The van der Waals surface area contributed by atoms with Gasteiger partial charge in [0.05, 0.1) is 19.8 Å². The molecule has 0 radical (unpaired) electrons. The van der Waals surface area contributed by atoms with Crippen molar-refractivity contribution in [2.75, 3.05) is 20.3 Å². The Morgan fingerprint density at radius 3 is 2.55 bits per heavy atom. The van der Waals surface area contributed by atoms with Crippen molar-refractivity contribution in [2.45, 2.75) is 19.4 Å². The fourth-order valence-electron chi connectivity index (χ4n) is 1.44. The summed E-state index contributed by atoms with van der Waals surface area (Å²) in [5.74, 6) is 0.991. The molecule has 0 spiro atoms. The first kappa shape index (κ1) is 16.0. The molecule has 0 saturated heterocycles. The minimum atomic E-state index is -0.678. The molecule has 0 saturated carbocycles. The molecule has 1 aromatic carbocycles. The molecule has 5 nitrogen and oxygen atoms in total. The first-order valence-corrected chi connectivity index (χ1v) is 6.44. The molecule has 0 aliphatic heterocycles. The molecule has 0 aliphatic carbocycles. The van der Waals surface area contributed by atoms with Crippen LogP contribution in [0.4, 0.5) is 0 Å². The number of rotatable bonds is 8. The summed E-state index contributed by atoms with van der Waals surface area (Å²) < 4.78 is 15.2. The van der Waals surface area contributed by atoms with E-state index in [0.717, 1.165) is 5.75 Å². The minimum absolute atomic E-state index is 0.152. The quantitative estimate of drug-likeness (QED) is 0.582. The predicted molar refractivity (Wildman–Crippen MR) is 74.9 cm³/mol. The first-order valence-electron chi connectivity index (χ1n) is 6.44. The number of methoxy groups -OCH3 is 1. The van der Waals surface area contributed by atoms with E-state index < -0.39 is 12.1 Å². The Kier molecular flexibility index (Phi) is 7.21. The highest BCUT2D eigenvalue weighted by Gasteiger charge is 2.04. The van der Waals surface area contributed by atoms with Crippen molar-refractivity contribution in [3.8, 4) is 11.5 Å². The maximum Gasteiger partial charge on any atom is 0.330 e. The Morgan fingerprint density at radius 2 is 1.95 bits per heavy atom. The second-order valence-corrected chi connectivity index (χ2v) is 4.03. The smallest absolute Gasteiger partial charge is 0.330 e. The molecular weight excluding hydrogens is 260 g/mol. The summed E-state index contributed by atoms with van der Waals surface area (Å²) in [6, 6.07) is 7.09. The van der Waals surface area contributed by atoms with Gasteiger partial charge in [0.15, 0.2) is 0 Å². The van der Waals surface area contributed by atoms with E-state index in [-0.39, 0.29) is 6.61 Å². The van der Waals surface area contributed by atoms with Gasteiger partial charge in [-0.2, -0.15) is 0 Å². The molecule has 1 atom stereocenters. The van der Waals surface area contributed by atoms with Crippen LogP contribution in [0.2, 0.25) is 0 Å². The van der Waals surface area contributed by atoms with E-state index in [1.54, 1.807) is 44.4 Å². The normalized spacial score (nSPS) is 12.2. The van der Waals surface area contributed by atoms with Crippen LogP contribution in [-0.2, 0) is 9.53 Å². The molecule has 0 fully saturated rings. The van der Waals surface area contributed by atoms with E-state index in [4.69, 9.17) is 14.2 Å². The third-order valence-electron chi connectivity index (χ3n) is 2.45. The van der Waals surface area contributed by atoms with Crippen LogP contribution in [0.15, 0.2) is 36.4 Å². The minimum Gasteiger partial charge on any atom is -0.497 e. The lowest BCUT2D eigenvalue weighted by Crippen LogP contribution is -2.16. The van der Waals surface area contributed by atoms with Gasteiger partial charge >= 0.3 is 5.97 Å². The maximum atomic E-state index is 11.0. The average molecular weight is 280 g/mol. The third kappa shape index (κ3) is 6.24. The largest absolute Gasteiger partial charge is 0.497 e. The number of aliphatic hydroxyl groups is 1. The number of aliphatic hydroxyl groups excluding tert-OH is 1. The molecule has 0 bridgehead atoms. The summed E-state index contributed by atoms with van der Waals surface area (Å²) in [4.78, 5) is 11.0. The van der Waals surface area contributed by atoms with Crippen LogP contribution < -0.4 is 9.47 Å². The SMILES string of the molecule is CCOC(=O)/C=C/C[C@@H](O)COc1ccc(OC)cc1. The molecule has 0 amide bonds. The number of hydrogen-bond acceptors (Lipinski definition) is 5. The third-order valence-corrected chi connectivity index (χ3v) is 2.45. The van der Waals surface area contributed by atoms with Crippen molar-refractivity contribution in [2.24, 2.45) is 0 Å². The lowest BCUT2D eigenvalue weighted by Gasteiger charge is -2.10. The Hall–Kier alpha value is -2.01. The topological polar surface area (TPSA) is 65.0 Å². The Bertz CT molecular complexity index is 424. The van der Waals surface area contributed by atoms with Gasteiger partial charge in [-0.15, -0.1) is 0 Å². The average Bonchev–Trinajstić information content (AvgIpc) is 2.46. The van der Waals surface area contributed by atoms with E-state index in [9.17, 15) is 9.90 Å². The number of benzene rings is 1. The summed E-state index contributed by atoms with van der Waals surface area (Å²) in [5.41, 5.74) is 0.